The quantitative estimate of drug-likeness (QED) is 0.0322. The Morgan fingerprint density at radius 3 is 1.33 bits per heavy atom. The topological polar surface area (TPSA) is 95.9 Å². The standard InChI is InChI=1S/C55H97NO5/c1-4-7-10-13-16-19-22-25-27-30-33-36-39-42-45-48-55(60)61-51(46-43-40-37-34-31-28-24-21-18-15-12-9-6-3)49-54(59)56-52(50-57)53(58)47-44-41-38-35-32-29-26-23-20-17-14-11-8-5-2/h7,9-10,12-13,15-16,18-19,21-22,24,51-53,57-58H,4-6,8,11,14,17,20,23,25-50H2,1-3H3,(H,56,59)/b10-7+,12-9+,16-13+,18-15+,22-19+,24-21+. The molecule has 0 rings (SSSR count). The summed E-state index contributed by atoms with van der Waals surface area (Å²) in [5.74, 6) is -0.509. The van der Waals surface area contributed by atoms with Crippen molar-refractivity contribution in [2.75, 3.05) is 6.61 Å². The van der Waals surface area contributed by atoms with Crippen LogP contribution in [0, 0.1) is 0 Å². The number of rotatable bonds is 45. The van der Waals surface area contributed by atoms with Crippen molar-refractivity contribution in [2.24, 2.45) is 0 Å². The summed E-state index contributed by atoms with van der Waals surface area (Å²) in [6.45, 7) is 6.22. The van der Waals surface area contributed by atoms with Gasteiger partial charge in [0.05, 0.1) is 25.2 Å². The first-order chi connectivity index (χ1) is 30.0. The van der Waals surface area contributed by atoms with Gasteiger partial charge in [-0.25, -0.2) is 0 Å². The summed E-state index contributed by atoms with van der Waals surface area (Å²) in [4.78, 5) is 26.1. The average Bonchev–Trinajstić information content (AvgIpc) is 3.25. The maximum Gasteiger partial charge on any atom is 0.306 e. The normalized spacial score (nSPS) is 13.9. The van der Waals surface area contributed by atoms with Crippen LogP contribution in [-0.4, -0.2) is 46.9 Å². The Kier molecular flexibility index (Phi) is 46.2. The van der Waals surface area contributed by atoms with Crippen molar-refractivity contribution >= 4 is 11.9 Å². The Hall–Kier alpha value is -2.70. The van der Waals surface area contributed by atoms with Crippen LogP contribution in [0.5, 0.6) is 0 Å². The zero-order valence-electron chi connectivity index (χ0n) is 40.0. The van der Waals surface area contributed by atoms with Crippen LogP contribution in [0.2, 0.25) is 0 Å². The third kappa shape index (κ3) is 43.7. The molecule has 0 aliphatic carbocycles. The van der Waals surface area contributed by atoms with Crippen LogP contribution >= 0.6 is 0 Å². The highest BCUT2D eigenvalue weighted by Gasteiger charge is 2.24. The van der Waals surface area contributed by atoms with Gasteiger partial charge < -0.3 is 20.3 Å². The largest absolute Gasteiger partial charge is 0.462 e. The number of ether oxygens (including phenoxy) is 1. The highest BCUT2D eigenvalue weighted by atomic mass is 16.5. The Balaban J connectivity index is 4.61. The summed E-state index contributed by atoms with van der Waals surface area (Å²) in [5, 5.41) is 23.8. The van der Waals surface area contributed by atoms with Gasteiger partial charge in [-0.15, -0.1) is 0 Å². The molecule has 0 aromatic heterocycles. The van der Waals surface area contributed by atoms with Crippen LogP contribution in [0.15, 0.2) is 72.9 Å². The molecule has 0 aromatic carbocycles. The van der Waals surface area contributed by atoms with Gasteiger partial charge in [-0.1, -0.05) is 235 Å². The van der Waals surface area contributed by atoms with Gasteiger partial charge in [0.25, 0.3) is 0 Å². The van der Waals surface area contributed by atoms with Gasteiger partial charge in [-0.3, -0.25) is 9.59 Å². The van der Waals surface area contributed by atoms with E-state index in [0.717, 1.165) is 96.3 Å². The molecule has 0 spiro atoms. The van der Waals surface area contributed by atoms with E-state index in [1.165, 1.54) is 96.3 Å². The maximum atomic E-state index is 13.2. The summed E-state index contributed by atoms with van der Waals surface area (Å²) >= 11 is 0. The van der Waals surface area contributed by atoms with E-state index in [2.05, 4.69) is 99.0 Å². The van der Waals surface area contributed by atoms with Crippen molar-refractivity contribution in [1.29, 1.82) is 0 Å². The number of aliphatic hydroxyl groups is 2. The summed E-state index contributed by atoms with van der Waals surface area (Å²) in [6.07, 6.45) is 61.0. The molecule has 0 bridgehead atoms. The van der Waals surface area contributed by atoms with Gasteiger partial charge >= 0.3 is 5.97 Å². The van der Waals surface area contributed by atoms with Crippen molar-refractivity contribution in [3.05, 3.63) is 72.9 Å². The molecule has 3 unspecified atom stereocenters. The van der Waals surface area contributed by atoms with Crippen LogP contribution in [0.25, 0.3) is 0 Å². The Labute approximate surface area is 377 Å². The lowest BCUT2D eigenvalue weighted by molar-refractivity contribution is -0.151. The molecule has 6 heteroatoms. The highest BCUT2D eigenvalue weighted by molar-refractivity contribution is 5.77. The van der Waals surface area contributed by atoms with E-state index >= 15 is 0 Å². The van der Waals surface area contributed by atoms with Crippen LogP contribution in [0.1, 0.15) is 239 Å². The third-order valence-corrected chi connectivity index (χ3v) is 11.4. The molecule has 61 heavy (non-hydrogen) atoms. The molecule has 1 amide bonds. The number of amides is 1. The Bertz CT molecular complexity index is 1140. The predicted molar refractivity (Wildman–Crippen MR) is 264 cm³/mol. The van der Waals surface area contributed by atoms with Crippen molar-refractivity contribution in [1.82, 2.24) is 5.32 Å². The first-order valence-corrected chi connectivity index (χ1v) is 25.7. The summed E-state index contributed by atoms with van der Waals surface area (Å²) < 4.78 is 5.92. The smallest absolute Gasteiger partial charge is 0.306 e. The number of hydrogen-bond donors (Lipinski definition) is 3. The van der Waals surface area contributed by atoms with Gasteiger partial charge in [0.2, 0.25) is 5.91 Å². The number of allylic oxidation sites excluding steroid dienone is 12. The van der Waals surface area contributed by atoms with Crippen molar-refractivity contribution in [2.45, 2.75) is 257 Å². The molecule has 0 aromatic rings. The second-order valence-electron chi connectivity index (χ2n) is 17.3. The first kappa shape index (κ1) is 58.3. The number of carbonyl (C=O) groups excluding carboxylic acids is 2. The van der Waals surface area contributed by atoms with Gasteiger partial charge in [0.1, 0.15) is 6.10 Å². The lowest BCUT2D eigenvalue weighted by Crippen LogP contribution is -2.46. The van der Waals surface area contributed by atoms with E-state index in [0.29, 0.717) is 19.3 Å². The number of aliphatic hydroxyl groups excluding tert-OH is 2. The fraction of sp³-hybridized carbons (Fsp3) is 0.745. The lowest BCUT2D eigenvalue weighted by Gasteiger charge is -2.24. The van der Waals surface area contributed by atoms with E-state index < -0.39 is 18.2 Å². The number of unbranched alkanes of at least 4 members (excludes halogenated alkanes) is 25. The number of hydrogen-bond acceptors (Lipinski definition) is 5. The molecule has 0 saturated heterocycles. The fourth-order valence-electron chi connectivity index (χ4n) is 7.55. The average molecular weight is 852 g/mol. The predicted octanol–water partition coefficient (Wildman–Crippen LogP) is 15.4. The number of carbonyl (C=O) groups is 2. The SMILES string of the molecule is CC/C=C/C=C/C=C/CCCCCCCCCC(=O)OC(CCCCCCC/C=C/C=C/C=C/CC)CC(=O)NC(CO)C(O)CCCCCCCCCCCCCCCC. The fourth-order valence-corrected chi connectivity index (χ4v) is 7.55. The number of esters is 1. The second-order valence-corrected chi connectivity index (χ2v) is 17.3. The Morgan fingerprint density at radius 2 is 0.885 bits per heavy atom. The summed E-state index contributed by atoms with van der Waals surface area (Å²) in [7, 11) is 0. The van der Waals surface area contributed by atoms with Gasteiger partial charge in [0.15, 0.2) is 0 Å². The highest BCUT2D eigenvalue weighted by Crippen LogP contribution is 2.18. The molecule has 0 saturated carbocycles. The molecular formula is C55H97NO5. The summed E-state index contributed by atoms with van der Waals surface area (Å²) in [5.41, 5.74) is 0. The molecule has 0 fully saturated rings. The molecule has 3 N–H and O–H groups in total. The lowest BCUT2D eigenvalue weighted by atomic mass is 10.0. The zero-order chi connectivity index (χ0) is 44.5. The minimum absolute atomic E-state index is 0.0565. The number of nitrogens with one attached hydrogen (secondary N) is 1. The van der Waals surface area contributed by atoms with E-state index in [4.69, 9.17) is 4.74 Å². The van der Waals surface area contributed by atoms with Crippen LogP contribution in [-0.2, 0) is 14.3 Å². The van der Waals surface area contributed by atoms with E-state index in [1.807, 2.05) is 0 Å². The molecule has 0 aliphatic rings. The van der Waals surface area contributed by atoms with E-state index in [1.54, 1.807) is 0 Å². The summed E-state index contributed by atoms with van der Waals surface area (Å²) in [6, 6.07) is -0.713. The van der Waals surface area contributed by atoms with Crippen molar-refractivity contribution < 1.29 is 24.5 Å². The molecule has 0 radical (unpaired) electrons. The third-order valence-electron chi connectivity index (χ3n) is 11.4. The Morgan fingerprint density at radius 1 is 0.492 bits per heavy atom. The second kappa shape index (κ2) is 48.3. The minimum atomic E-state index is -0.798. The first-order valence-electron chi connectivity index (χ1n) is 25.7. The van der Waals surface area contributed by atoms with Gasteiger partial charge in [-0.2, -0.15) is 0 Å². The zero-order valence-corrected chi connectivity index (χ0v) is 40.0. The molecular weight excluding hydrogens is 755 g/mol. The van der Waals surface area contributed by atoms with E-state index in [-0.39, 0.29) is 24.9 Å². The molecule has 3 atom stereocenters. The molecule has 352 valence electrons. The molecule has 0 aliphatic heterocycles. The maximum absolute atomic E-state index is 13.2. The molecule has 6 nitrogen and oxygen atoms in total. The van der Waals surface area contributed by atoms with Gasteiger partial charge in [-0.05, 0) is 64.2 Å². The van der Waals surface area contributed by atoms with Crippen molar-refractivity contribution in [3.63, 3.8) is 0 Å². The van der Waals surface area contributed by atoms with Gasteiger partial charge in [0, 0.05) is 6.42 Å². The van der Waals surface area contributed by atoms with Crippen LogP contribution in [0.3, 0.4) is 0 Å². The molecule has 0 heterocycles. The van der Waals surface area contributed by atoms with Crippen LogP contribution < -0.4 is 5.32 Å². The van der Waals surface area contributed by atoms with Crippen LogP contribution in [0.4, 0.5) is 0 Å². The van der Waals surface area contributed by atoms with E-state index in [9.17, 15) is 19.8 Å². The monoisotopic (exact) mass is 852 g/mol. The van der Waals surface area contributed by atoms with Crippen molar-refractivity contribution in [3.8, 4) is 0 Å². The minimum Gasteiger partial charge on any atom is -0.462 e.